The normalized spacial score (nSPS) is 34.1. The van der Waals surface area contributed by atoms with Gasteiger partial charge in [-0.05, 0) is 18.9 Å². The lowest BCUT2D eigenvalue weighted by Gasteiger charge is -2.44. The molecule has 0 aliphatic carbocycles. The molecule has 4 nitrogen and oxygen atoms in total. The van der Waals surface area contributed by atoms with E-state index in [2.05, 4.69) is 41.4 Å². The van der Waals surface area contributed by atoms with E-state index in [9.17, 15) is 8.42 Å². The van der Waals surface area contributed by atoms with Crippen molar-refractivity contribution in [3.8, 4) is 0 Å². The lowest BCUT2D eigenvalue weighted by atomic mass is 9.89. The average Bonchev–Trinajstić information content (AvgIpc) is 2.80. The first-order chi connectivity index (χ1) is 9.49. The number of benzene rings is 1. The zero-order valence-electron chi connectivity index (χ0n) is 11.9. The highest BCUT2D eigenvalue weighted by Gasteiger charge is 2.38. The predicted molar refractivity (Wildman–Crippen MR) is 80.4 cm³/mol. The molecule has 2 heterocycles. The van der Waals surface area contributed by atoms with Crippen molar-refractivity contribution < 1.29 is 8.42 Å². The van der Waals surface area contributed by atoms with Crippen molar-refractivity contribution in [2.24, 2.45) is 0 Å². The fourth-order valence-corrected chi connectivity index (χ4v) is 5.15. The number of piperazine rings is 1. The maximum atomic E-state index is 11.7. The van der Waals surface area contributed by atoms with Crippen molar-refractivity contribution >= 4 is 9.84 Å². The van der Waals surface area contributed by atoms with Crippen molar-refractivity contribution in [2.75, 3.05) is 31.1 Å². The lowest BCUT2D eigenvalue weighted by Crippen LogP contribution is -2.59. The SMILES string of the molecule is CC1(c2ccccc2)CN(C2CCS(=O)(=O)C2)CCN1. The summed E-state index contributed by atoms with van der Waals surface area (Å²) in [5.74, 6) is 0.682. The number of rotatable bonds is 2. The van der Waals surface area contributed by atoms with Gasteiger partial charge in [-0.3, -0.25) is 4.90 Å². The minimum atomic E-state index is -2.81. The molecule has 0 radical (unpaired) electrons. The van der Waals surface area contributed by atoms with Crippen molar-refractivity contribution in [3.05, 3.63) is 35.9 Å². The summed E-state index contributed by atoms with van der Waals surface area (Å²) in [5.41, 5.74) is 1.18. The molecule has 0 spiro atoms. The van der Waals surface area contributed by atoms with E-state index in [0.29, 0.717) is 11.5 Å². The molecule has 2 unspecified atom stereocenters. The summed E-state index contributed by atoms with van der Waals surface area (Å²) in [4.78, 5) is 2.36. The van der Waals surface area contributed by atoms with E-state index in [1.807, 2.05) is 6.07 Å². The Labute approximate surface area is 121 Å². The van der Waals surface area contributed by atoms with Gasteiger partial charge in [-0.2, -0.15) is 0 Å². The van der Waals surface area contributed by atoms with Crippen LogP contribution in [0.2, 0.25) is 0 Å². The third-order valence-electron chi connectivity index (χ3n) is 4.57. The topological polar surface area (TPSA) is 49.4 Å². The molecule has 3 rings (SSSR count). The highest BCUT2D eigenvalue weighted by molar-refractivity contribution is 7.91. The Hall–Kier alpha value is -0.910. The van der Waals surface area contributed by atoms with Crippen molar-refractivity contribution in [3.63, 3.8) is 0 Å². The minimum Gasteiger partial charge on any atom is -0.305 e. The van der Waals surface area contributed by atoms with Gasteiger partial charge in [-0.1, -0.05) is 30.3 Å². The Balaban J connectivity index is 1.77. The first kappa shape index (κ1) is 14.0. The highest BCUT2D eigenvalue weighted by Crippen LogP contribution is 2.28. The van der Waals surface area contributed by atoms with Gasteiger partial charge < -0.3 is 5.32 Å². The van der Waals surface area contributed by atoms with Gasteiger partial charge in [0.1, 0.15) is 0 Å². The van der Waals surface area contributed by atoms with Gasteiger partial charge in [0.15, 0.2) is 9.84 Å². The second-order valence-electron chi connectivity index (χ2n) is 6.15. The molecule has 0 bridgehead atoms. The van der Waals surface area contributed by atoms with Crippen LogP contribution in [-0.2, 0) is 15.4 Å². The molecule has 2 saturated heterocycles. The Morgan fingerprint density at radius 2 is 2.05 bits per heavy atom. The summed E-state index contributed by atoms with van der Waals surface area (Å²) in [6.45, 7) is 4.92. The van der Waals surface area contributed by atoms with Gasteiger partial charge in [0, 0.05) is 25.7 Å². The third kappa shape index (κ3) is 2.75. The number of nitrogens with one attached hydrogen (secondary N) is 1. The van der Waals surface area contributed by atoms with Gasteiger partial charge in [-0.25, -0.2) is 8.42 Å². The summed E-state index contributed by atoms with van der Waals surface area (Å²) in [5, 5.41) is 3.59. The fraction of sp³-hybridized carbons (Fsp3) is 0.600. The number of nitrogens with zero attached hydrogens (tertiary/aromatic N) is 1. The van der Waals surface area contributed by atoms with Crippen LogP contribution >= 0.6 is 0 Å². The average molecular weight is 294 g/mol. The largest absolute Gasteiger partial charge is 0.305 e. The summed E-state index contributed by atoms with van der Waals surface area (Å²) in [7, 11) is -2.81. The third-order valence-corrected chi connectivity index (χ3v) is 6.32. The molecule has 1 N–H and O–H groups in total. The lowest BCUT2D eigenvalue weighted by molar-refractivity contribution is 0.109. The maximum absolute atomic E-state index is 11.7. The van der Waals surface area contributed by atoms with Gasteiger partial charge in [-0.15, -0.1) is 0 Å². The molecule has 5 heteroatoms. The smallest absolute Gasteiger partial charge is 0.151 e. The Kier molecular flexibility index (Phi) is 3.60. The molecule has 2 aliphatic rings. The van der Waals surface area contributed by atoms with Crippen LogP contribution in [0, 0.1) is 0 Å². The van der Waals surface area contributed by atoms with Gasteiger partial charge in [0.05, 0.1) is 17.0 Å². The maximum Gasteiger partial charge on any atom is 0.151 e. The van der Waals surface area contributed by atoms with Gasteiger partial charge in [0.25, 0.3) is 0 Å². The van der Waals surface area contributed by atoms with E-state index in [4.69, 9.17) is 0 Å². The van der Waals surface area contributed by atoms with Gasteiger partial charge in [0.2, 0.25) is 0 Å². The van der Waals surface area contributed by atoms with Crippen LogP contribution in [0.15, 0.2) is 30.3 Å². The predicted octanol–water partition coefficient (Wildman–Crippen LogP) is 0.994. The van der Waals surface area contributed by atoms with E-state index in [-0.39, 0.29) is 11.6 Å². The van der Waals surface area contributed by atoms with Crippen LogP contribution in [0.4, 0.5) is 0 Å². The van der Waals surface area contributed by atoms with E-state index in [0.717, 1.165) is 26.1 Å². The van der Waals surface area contributed by atoms with Crippen molar-refractivity contribution in [1.82, 2.24) is 10.2 Å². The monoisotopic (exact) mass is 294 g/mol. The number of sulfone groups is 1. The van der Waals surface area contributed by atoms with E-state index in [1.54, 1.807) is 0 Å². The Morgan fingerprint density at radius 3 is 2.70 bits per heavy atom. The standard InChI is InChI=1S/C15H22N2O2S/c1-15(13-5-3-2-4-6-13)12-17(9-8-16-15)14-7-10-20(18,19)11-14/h2-6,14,16H,7-12H2,1H3. The summed E-state index contributed by atoms with van der Waals surface area (Å²) >= 11 is 0. The Morgan fingerprint density at radius 1 is 1.30 bits per heavy atom. The minimum absolute atomic E-state index is 0.0914. The molecular formula is C15H22N2O2S. The second kappa shape index (κ2) is 5.13. The first-order valence-corrected chi connectivity index (χ1v) is 9.06. The molecule has 0 amide bonds. The van der Waals surface area contributed by atoms with Crippen LogP contribution in [0.1, 0.15) is 18.9 Å². The molecule has 1 aromatic rings. The molecule has 110 valence electrons. The summed E-state index contributed by atoms with van der Waals surface area (Å²) < 4.78 is 23.3. The molecule has 2 aliphatic heterocycles. The molecule has 1 aromatic carbocycles. The van der Waals surface area contributed by atoms with Crippen LogP contribution in [0.5, 0.6) is 0 Å². The van der Waals surface area contributed by atoms with Crippen LogP contribution in [0.25, 0.3) is 0 Å². The fourth-order valence-electron chi connectivity index (χ4n) is 3.39. The van der Waals surface area contributed by atoms with Crippen molar-refractivity contribution in [1.29, 1.82) is 0 Å². The van der Waals surface area contributed by atoms with E-state index < -0.39 is 9.84 Å². The highest BCUT2D eigenvalue weighted by atomic mass is 32.2. The van der Waals surface area contributed by atoms with Gasteiger partial charge >= 0.3 is 0 Å². The van der Waals surface area contributed by atoms with Crippen LogP contribution < -0.4 is 5.32 Å². The van der Waals surface area contributed by atoms with Crippen LogP contribution in [-0.4, -0.2) is 50.5 Å². The second-order valence-corrected chi connectivity index (χ2v) is 8.38. The van der Waals surface area contributed by atoms with Crippen LogP contribution in [0.3, 0.4) is 0 Å². The Bertz CT molecular complexity index is 573. The zero-order valence-corrected chi connectivity index (χ0v) is 12.7. The molecule has 0 aromatic heterocycles. The number of hydrogen-bond donors (Lipinski definition) is 1. The molecule has 2 fully saturated rings. The molecule has 2 atom stereocenters. The van der Waals surface area contributed by atoms with Crippen molar-refractivity contribution in [2.45, 2.75) is 24.9 Å². The van der Waals surface area contributed by atoms with E-state index >= 15 is 0 Å². The molecule has 20 heavy (non-hydrogen) atoms. The summed E-state index contributed by atoms with van der Waals surface area (Å²) in [6.07, 6.45) is 0.785. The summed E-state index contributed by atoms with van der Waals surface area (Å²) in [6, 6.07) is 10.6. The first-order valence-electron chi connectivity index (χ1n) is 7.24. The quantitative estimate of drug-likeness (QED) is 0.884. The van der Waals surface area contributed by atoms with E-state index in [1.165, 1.54) is 5.56 Å². The molecular weight excluding hydrogens is 272 g/mol. The number of hydrogen-bond acceptors (Lipinski definition) is 4. The molecule has 0 saturated carbocycles. The zero-order chi connectivity index (χ0) is 14.2.